The molecule has 0 bridgehead atoms. The van der Waals surface area contributed by atoms with Crippen LogP contribution >= 0.6 is 0 Å². The van der Waals surface area contributed by atoms with Crippen molar-refractivity contribution in [3.05, 3.63) is 89.0 Å². The van der Waals surface area contributed by atoms with Gasteiger partial charge in [0.1, 0.15) is 11.3 Å². The number of carboxylic acids is 1. The topological polar surface area (TPSA) is 92.9 Å². The molecule has 1 atom stereocenters. The summed E-state index contributed by atoms with van der Waals surface area (Å²) in [5.41, 5.74) is 8.61. The van der Waals surface area contributed by atoms with Gasteiger partial charge in [-0.15, -0.1) is 0 Å². The highest BCUT2D eigenvalue weighted by Crippen LogP contribution is 2.42. The Hall–Kier alpha value is -3.80. The van der Waals surface area contributed by atoms with Gasteiger partial charge in [0.05, 0.1) is 7.11 Å². The molecule has 0 spiro atoms. The van der Waals surface area contributed by atoms with Crippen molar-refractivity contribution in [2.24, 2.45) is 0 Å². The molecule has 1 unspecified atom stereocenters. The lowest BCUT2D eigenvalue weighted by molar-refractivity contribution is -0.143. The highest BCUT2D eigenvalue weighted by atomic mass is 16.5. The number of fused-ring (bicyclic) bond motifs is 1. The molecule has 3 N–H and O–H groups in total. The summed E-state index contributed by atoms with van der Waals surface area (Å²) >= 11 is 0. The van der Waals surface area contributed by atoms with Crippen molar-refractivity contribution in [3.8, 4) is 5.75 Å². The first-order valence-corrected chi connectivity index (χ1v) is 11.8. The quantitative estimate of drug-likeness (QED) is 0.496. The van der Waals surface area contributed by atoms with Gasteiger partial charge in [-0.2, -0.15) is 0 Å². The Morgan fingerprint density at radius 3 is 2.40 bits per heavy atom. The lowest BCUT2D eigenvalue weighted by Gasteiger charge is -2.45. The first kappa shape index (κ1) is 24.3. The number of aryl methyl sites for hydroxylation is 1. The summed E-state index contributed by atoms with van der Waals surface area (Å²) in [7, 11) is 1.58. The van der Waals surface area contributed by atoms with Gasteiger partial charge >= 0.3 is 5.97 Å². The van der Waals surface area contributed by atoms with Crippen molar-refractivity contribution in [3.63, 3.8) is 0 Å². The first-order chi connectivity index (χ1) is 16.6. The highest BCUT2D eigenvalue weighted by Gasteiger charge is 2.50. The number of methoxy groups -OCH3 is 1. The second-order valence-electron chi connectivity index (χ2n) is 10.2. The molecule has 0 saturated heterocycles. The van der Waals surface area contributed by atoms with Gasteiger partial charge in [-0.3, -0.25) is 9.69 Å². The van der Waals surface area contributed by atoms with E-state index in [-0.39, 0.29) is 24.2 Å². The maximum absolute atomic E-state index is 14.2. The molecule has 0 aromatic heterocycles. The number of carbonyl (C=O) groups is 2. The second-order valence-corrected chi connectivity index (χ2v) is 10.2. The van der Waals surface area contributed by atoms with Crippen molar-refractivity contribution in [2.45, 2.75) is 51.0 Å². The van der Waals surface area contributed by atoms with E-state index in [4.69, 9.17) is 10.5 Å². The van der Waals surface area contributed by atoms with Crippen LogP contribution in [0.1, 0.15) is 54.2 Å². The summed E-state index contributed by atoms with van der Waals surface area (Å²) in [6, 6.07) is 20.1. The molecule has 4 rings (SSSR count). The number of carbonyl (C=O) groups excluding carboxylic acids is 1. The number of ether oxygens (including phenoxy) is 1. The van der Waals surface area contributed by atoms with E-state index in [1.165, 1.54) is 4.90 Å². The van der Waals surface area contributed by atoms with Crippen molar-refractivity contribution < 1.29 is 19.4 Å². The molecule has 6 nitrogen and oxygen atoms in total. The average molecular weight is 473 g/mol. The summed E-state index contributed by atoms with van der Waals surface area (Å²) < 4.78 is 5.63. The summed E-state index contributed by atoms with van der Waals surface area (Å²) in [4.78, 5) is 28.6. The molecule has 0 fully saturated rings. The number of anilines is 2. The van der Waals surface area contributed by atoms with E-state index in [9.17, 15) is 14.7 Å². The largest absolute Gasteiger partial charge is 0.496 e. The lowest BCUT2D eigenvalue weighted by atomic mass is 9.78. The highest BCUT2D eigenvalue weighted by molar-refractivity contribution is 6.12. The van der Waals surface area contributed by atoms with Crippen molar-refractivity contribution >= 4 is 23.3 Å². The molecule has 0 radical (unpaired) electrons. The van der Waals surface area contributed by atoms with Gasteiger partial charge in [-0.1, -0.05) is 57.2 Å². The predicted molar refractivity (Wildman–Crippen MR) is 138 cm³/mol. The maximum Gasteiger partial charge on any atom is 0.330 e. The van der Waals surface area contributed by atoms with E-state index in [0.717, 1.165) is 16.7 Å². The molecule has 182 valence electrons. The first-order valence-electron chi connectivity index (χ1n) is 11.8. The Balaban J connectivity index is 1.89. The minimum Gasteiger partial charge on any atom is -0.496 e. The fourth-order valence-electron chi connectivity index (χ4n) is 4.96. The zero-order valence-electron chi connectivity index (χ0n) is 20.7. The number of rotatable bonds is 5. The van der Waals surface area contributed by atoms with Crippen LogP contribution in [0, 0.1) is 0 Å². The van der Waals surface area contributed by atoms with Crippen LogP contribution in [0.5, 0.6) is 5.75 Å². The third-order valence-corrected chi connectivity index (χ3v) is 6.78. The SMILES string of the molecule is COc1cc(C(=O)N2c3ccc(N)cc3CCC2(Cc2ccccc2)C(=O)O)ccc1C(C)(C)C. The number of hydrogen-bond donors (Lipinski definition) is 2. The van der Waals surface area contributed by atoms with E-state index >= 15 is 0 Å². The van der Waals surface area contributed by atoms with Crippen LogP contribution in [0.15, 0.2) is 66.7 Å². The maximum atomic E-state index is 14.2. The zero-order chi connectivity index (χ0) is 25.4. The van der Waals surface area contributed by atoms with Crippen molar-refractivity contribution in [1.82, 2.24) is 0 Å². The van der Waals surface area contributed by atoms with E-state index in [2.05, 4.69) is 20.8 Å². The lowest BCUT2D eigenvalue weighted by Crippen LogP contribution is -2.61. The molecule has 0 saturated carbocycles. The summed E-state index contributed by atoms with van der Waals surface area (Å²) in [6.45, 7) is 6.23. The molecule has 1 aliphatic rings. The van der Waals surface area contributed by atoms with Crippen LogP contribution in [-0.4, -0.2) is 29.6 Å². The molecular weight excluding hydrogens is 440 g/mol. The number of nitrogens with zero attached hydrogens (tertiary/aromatic N) is 1. The van der Waals surface area contributed by atoms with E-state index in [1.54, 1.807) is 31.4 Å². The van der Waals surface area contributed by atoms with Gasteiger partial charge in [0.2, 0.25) is 0 Å². The predicted octanol–water partition coefficient (Wildman–Crippen LogP) is 5.23. The van der Waals surface area contributed by atoms with E-state index in [0.29, 0.717) is 29.1 Å². The second kappa shape index (κ2) is 9.10. The van der Waals surface area contributed by atoms with Crippen molar-refractivity contribution in [2.75, 3.05) is 17.7 Å². The Bertz CT molecular complexity index is 1260. The number of carboxylic acid groups (broad SMARTS) is 1. The summed E-state index contributed by atoms with van der Waals surface area (Å²) in [5, 5.41) is 10.6. The zero-order valence-corrected chi connectivity index (χ0v) is 20.7. The smallest absolute Gasteiger partial charge is 0.330 e. The van der Waals surface area contributed by atoms with Gasteiger partial charge in [0.15, 0.2) is 0 Å². The van der Waals surface area contributed by atoms with Crippen LogP contribution in [0.25, 0.3) is 0 Å². The van der Waals surface area contributed by atoms with Gasteiger partial charge < -0.3 is 15.6 Å². The Morgan fingerprint density at radius 1 is 1.06 bits per heavy atom. The number of nitrogen functional groups attached to an aromatic ring is 1. The molecular formula is C29H32N2O4. The van der Waals surface area contributed by atoms with Crippen LogP contribution in [0.3, 0.4) is 0 Å². The van der Waals surface area contributed by atoms with Gasteiger partial charge in [-0.05, 0) is 65.3 Å². The monoisotopic (exact) mass is 472 g/mol. The summed E-state index contributed by atoms with van der Waals surface area (Å²) in [5.74, 6) is -0.815. The summed E-state index contributed by atoms with van der Waals surface area (Å²) in [6.07, 6.45) is 0.974. The Labute approximate surface area is 206 Å². The number of benzene rings is 3. The molecule has 35 heavy (non-hydrogen) atoms. The third-order valence-electron chi connectivity index (χ3n) is 6.78. The number of nitrogens with two attached hydrogens (primary N) is 1. The molecule has 6 heteroatoms. The van der Waals surface area contributed by atoms with E-state index in [1.807, 2.05) is 42.5 Å². The van der Waals surface area contributed by atoms with Crippen LogP contribution in [-0.2, 0) is 23.1 Å². The van der Waals surface area contributed by atoms with Crippen molar-refractivity contribution in [1.29, 1.82) is 0 Å². The Kier molecular flexibility index (Phi) is 6.32. The standard InChI is InChI=1S/C29H32N2O4/c1-28(2,3)23-12-10-21(17-25(23)35-4)26(32)31-24-13-11-22(30)16-20(24)14-15-29(31,27(33)34)18-19-8-6-5-7-9-19/h5-13,16-17H,14-15,18,30H2,1-4H3,(H,33,34). The molecule has 1 aliphatic heterocycles. The normalized spacial score (nSPS) is 17.5. The molecule has 1 heterocycles. The third kappa shape index (κ3) is 4.48. The van der Waals surface area contributed by atoms with E-state index < -0.39 is 11.5 Å². The van der Waals surface area contributed by atoms with Crippen LogP contribution in [0.2, 0.25) is 0 Å². The van der Waals surface area contributed by atoms with Gasteiger partial charge in [0.25, 0.3) is 5.91 Å². The molecule has 3 aromatic carbocycles. The molecule has 1 amide bonds. The number of aliphatic carboxylic acids is 1. The minimum absolute atomic E-state index is 0.180. The number of hydrogen-bond acceptors (Lipinski definition) is 4. The number of amides is 1. The molecule has 3 aromatic rings. The fourth-order valence-corrected chi connectivity index (χ4v) is 4.96. The van der Waals surface area contributed by atoms with Gasteiger partial charge in [-0.25, -0.2) is 4.79 Å². The minimum atomic E-state index is -1.45. The van der Waals surface area contributed by atoms with Gasteiger partial charge in [0, 0.05) is 23.4 Å². The average Bonchev–Trinajstić information content (AvgIpc) is 2.83. The molecule has 0 aliphatic carbocycles. The van der Waals surface area contributed by atoms with Crippen LogP contribution < -0.4 is 15.4 Å². The Morgan fingerprint density at radius 2 is 1.77 bits per heavy atom. The fraction of sp³-hybridized carbons (Fsp3) is 0.310. The van der Waals surface area contributed by atoms with Crippen LogP contribution in [0.4, 0.5) is 11.4 Å².